The Kier molecular flexibility index (Phi) is 4.87. The number of hydrogen-bond donors (Lipinski definition) is 2. The minimum atomic E-state index is -0.390. The zero-order chi connectivity index (χ0) is 16.4. The first-order chi connectivity index (χ1) is 11.0. The van der Waals surface area contributed by atoms with Gasteiger partial charge in [-0.05, 0) is 50.4 Å². The molecule has 5 heteroatoms. The maximum absolute atomic E-state index is 6.53. The van der Waals surface area contributed by atoms with Crippen LogP contribution in [0.15, 0.2) is 12.4 Å². The van der Waals surface area contributed by atoms with Crippen molar-refractivity contribution in [2.75, 3.05) is 18.0 Å². The lowest BCUT2D eigenvalue weighted by Gasteiger charge is -2.36. The Labute approximate surface area is 139 Å². The highest BCUT2D eigenvalue weighted by Crippen LogP contribution is 2.33. The van der Waals surface area contributed by atoms with Crippen molar-refractivity contribution in [1.82, 2.24) is 9.97 Å². The maximum atomic E-state index is 6.53. The summed E-state index contributed by atoms with van der Waals surface area (Å²) in [6.45, 7) is 6.87. The highest BCUT2D eigenvalue weighted by atomic mass is 15.2. The van der Waals surface area contributed by atoms with Crippen molar-refractivity contribution >= 4 is 5.69 Å². The molecule has 1 aliphatic heterocycles. The predicted molar refractivity (Wildman–Crippen MR) is 94.1 cm³/mol. The Balaban J connectivity index is 1.64. The molecule has 1 saturated heterocycles. The smallest absolute Gasteiger partial charge is 0.148 e. The van der Waals surface area contributed by atoms with Gasteiger partial charge in [0.15, 0.2) is 0 Å². The van der Waals surface area contributed by atoms with Gasteiger partial charge in [0.1, 0.15) is 5.82 Å². The molecule has 0 bridgehead atoms. The second-order valence-electron chi connectivity index (χ2n) is 7.83. The molecular weight excluding hydrogens is 286 g/mol. The number of aromatic nitrogens is 2. The molecule has 23 heavy (non-hydrogen) atoms. The van der Waals surface area contributed by atoms with Crippen LogP contribution in [0.2, 0.25) is 0 Å². The average molecular weight is 317 g/mol. The first kappa shape index (κ1) is 16.7. The highest BCUT2D eigenvalue weighted by Gasteiger charge is 2.34. The molecule has 0 radical (unpaired) electrons. The number of anilines is 1. The molecule has 1 saturated carbocycles. The van der Waals surface area contributed by atoms with Gasteiger partial charge < -0.3 is 16.4 Å². The second-order valence-corrected chi connectivity index (χ2v) is 7.83. The molecule has 1 aromatic heterocycles. The molecule has 2 fully saturated rings. The van der Waals surface area contributed by atoms with E-state index < -0.39 is 0 Å². The van der Waals surface area contributed by atoms with Crippen molar-refractivity contribution in [2.45, 2.75) is 64.0 Å². The third kappa shape index (κ3) is 3.66. The fourth-order valence-corrected chi connectivity index (χ4v) is 3.94. The van der Waals surface area contributed by atoms with Crippen molar-refractivity contribution in [1.29, 1.82) is 0 Å². The standard InChI is InChI=1S/C18H31N5/c1-13(2)14-5-9-23(10-6-14)16-11-21-17(22-12-16)18(20)7-3-15(19)4-8-18/h11-15H,3-10,19-20H2,1-2H3. The van der Waals surface area contributed by atoms with Crippen molar-refractivity contribution in [3.63, 3.8) is 0 Å². The van der Waals surface area contributed by atoms with Gasteiger partial charge in [0.25, 0.3) is 0 Å². The van der Waals surface area contributed by atoms with Crippen LogP contribution >= 0.6 is 0 Å². The molecule has 0 atom stereocenters. The van der Waals surface area contributed by atoms with Crippen molar-refractivity contribution in [3.8, 4) is 0 Å². The van der Waals surface area contributed by atoms with Crippen molar-refractivity contribution in [2.24, 2.45) is 23.3 Å². The monoisotopic (exact) mass is 317 g/mol. The van der Waals surface area contributed by atoms with E-state index in [1.54, 1.807) is 0 Å². The van der Waals surface area contributed by atoms with E-state index in [1.165, 1.54) is 12.8 Å². The van der Waals surface area contributed by atoms with Gasteiger partial charge in [-0.3, -0.25) is 0 Å². The van der Waals surface area contributed by atoms with E-state index in [2.05, 4.69) is 28.7 Å². The van der Waals surface area contributed by atoms with Gasteiger partial charge in [-0.15, -0.1) is 0 Å². The molecule has 0 unspecified atom stereocenters. The number of nitrogens with two attached hydrogens (primary N) is 2. The van der Waals surface area contributed by atoms with Crippen LogP contribution in [0, 0.1) is 11.8 Å². The van der Waals surface area contributed by atoms with Crippen LogP contribution in [0.3, 0.4) is 0 Å². The summed E-state index contributed by atoms with van der Waals surface area (Å²) in [5.41, 5.74) is 13.3. The van der Waals surface area contributed by atoms with Gasteiger partial charge >= 0.3 is 0 Å². The van der Waals surface area contributed by atoms with Gasteiger partial charge in [0.2, 0.25) is 0 Å². The largest absolute Gasteiger partial charge is 0.369 e. The molecular formula is C18H31N5. The van der Waals surface area contributed by atoms with Crippen molar-refractivity contribution in [3.05, 3.63) is 18.2 Å². The van der Waals surface area contributed by atoms with Crippen LogP contribution in [0.4, 0.5) is 5.69 Å². The Bertz CT molecular complexity index is 497. The van der Waals surface area contributed by atoms with Crippen LogP contribution in [0.25, 0.3) is 0 Å². The molecule has 3 rings (SSSR count). The van der Waals surface area contributed by atoms with Crippen LogP contribution in [-0.4, -0.2) is 29.1 Å². The fourth-order valence-electron chi connectivity index (χ4n) is 3.94. The van der Waals surface area contributed by atoms with Gasteiger partial charge in [-0.25, -0.2) is 9.97 Å². The van der Waals surface area contributed by atoms with E-state index in [9.17, 15) is 0 Å². The Morgan fingerprint density at radius 3 is 2.17 bits per heavy atom. The molecule has 1 aliphatic carbocycles. The topological polar surface area (TPSA) is 81.1 Å². The zero-order valence-corrected chi connectivity index (χ0v) is 14.5. The summed E-state index contributed by atoms with van der Waals surface area (Å²) in [5.74, 6) is 2.42. The van der Waals surface area contributed by atoms with Gasteiger partial charge in [0, 0.05) is 19.1 Å². The van der Waals surface area contributed by atoms with E-state index in [-0.39, 0.29) is 11.6 Å². The van der Waals surface area contributed by atoms with E-state index in [4.69, 9.17) is 11.5 Å². The summed E-state index contributed by atoms with van der Waals surface area (Å²) >= 11 is 0. The molecule has 1 aromatic rings. The molecule has 2 aliphatic rings. The van der Waals surface area contributed by atoms with Gasteiger partial charge in [-0.1, -0.05) is 13.8 Å². The lowest BCUT2D eigenvalue weighted by molar-refractivity contribution is 0.264. The van der Waals surface area contributed by atoms with Gasteiger partial charge in [0.05, 0.1) is 23.6 Å². The molecule has 2 heterocycles. The molecule has 128 valence electrons. The average Bonchev–Trinajstić information content (AvgIpc) is 2.58. The normalized spacial score (nSPS) is 30.0. The van der Waals surface area contributed by atoms with E-state index >= 15 is 0 Å². The number of piperidine rings is 1. The summed E-state index contributed by atoms with van der Waals surface area (Å²) in [5, 5.41) is 0. The summed E-state index contributed by atoms with van der Waals surface area (Å²) in [6, 6.07) is 0.285. The third-order valence-electron chi connectivity index (χ3n) is 5.85. The van der Waals surface area contributed by atoms with Crippen LogP contribution in [0.1, 0.15) is 58.2 Å². The Hall–Kier alpha value is -1.20. The SMILES string of the molecule is CC(C)C1CCN(c2cnc(C3(N)CCC(N)CC3)nc2)CC1. The summed E-state index contributed by atoms with van der Waals surface area (Å²) in [4.78, 5) is 11.6. The lowest BCUT2D eigenvalue weighted by Crippen LogP contribution is -2.45. The van der Waals surface area contributed by atoms with Crippen LogP contribution < -0.4 is 16.4 Å². The Morgan fingerprint density at radius 1 is 1.09 bits per heavy atom. The fraction of sp³-hybridized carbons (Fsp3) is 0.778. The Morgan fingerprint density at radius 2 is 1.65 bits per heavy atom. The summed E-state index contributed by atoms with van der Waals surface area (Å²) in [7, 11) is 0. The predicted octanol–water partition coefficient (Wildman–Crippen LogP) is 2.40. The molecule has 0 aromatic carbocycles. The van der Waals surface area contributed by atoms with E-state index in [1.807, 2.05) is 12.4 Å². The minimum Gasteiger partial charge on any atom is -0.369 e. The van der Waals surface area contributed by atoms with Crippen molar-refractivity contribution < 1.29 is 0 Å². The molecule has 0 spiro atoms. The van der Waals surface area contributed by atoms with Crippen LogP contribution in [0.5, 0.6) is 0 Å². The molecule has 4 N–H and O–H groups in total. The second kappa shape index (κ2) is 6.73. The quantitative estimate of drug-likeness (QED) is 0.894. The van der Waals surface area contributed by atoms with E-state index in [0.717, 1.165) is 62.1 Å². The number of rotatable bonds is 3. The summed E-state index contributed by atoms with van der Waals surface area (Å²) < 4.78 is 0. The highest BCUT2D eigenvalue weighted by molar-refractivity contribution is 5.42. The molecule has 0 amide bonds. The number of hydrogen-bond acceptors (Lipinski definition) is 5. The summed E-state index contributed by atoms with van der Waals surface area (Å²) in [6.07, 6.45) is 10.1. The maximum Gasteiger partial charge on any atom is 0.148 e. The minimum absolute atomic E-state index is 0.285. The molecule has 5 nitrogen and oxygen atoms in total. The number of nitrogens with zero attached hydrogens (tertiary/aromatic N) is 3. The lowest BCUT2D eigenvalue weighted by atomic mass is 9.80. The third-order valence-corrected chi connectivity index (χ3v) is 5.85. The van der Waals surface area contributed by atoms with Crippen LogP contribution in [-0.2, 0) is 5.54 Å². The van der Waals surface area contributed by atoms with Gasteiger partial charge in [-0.2, -0.15) is 0 Å². The first-order valence-electron chi connectivity index (χ1n) is 9.10. The zero-order valence-electron chi connectivity index (χ0n) is 14.5. The first-order valence-corrected chi connectivity index (χ1v) is 9.10. The van der Waals surface area contributed by atoms with E-state index in [0.29, 0.717) is 0 Å².